The number of allylic oxidation sites excluding steroid dienone is 2. The Labute approximate surface area is 184 Å². The maximum atomic E-state index is 11.6. The smallest absolute Gasteiger partial charge is 0.222 e. The molecule has 2 N–H and O–H groups in total. The molecule has 6 atom stereocenters. The lowest BCUT2D eigenvalue weighted by molar-refractivity contribution is -0.128. The molecule has 1 fully saturated rings. The minimum absolute atomic E-state index is 0.169. The van der Waals surface area contributed by atoms with Crippen molar-refractivity contribution in [3.8, 4) is 0 Å². The first-order valence-corrected chi connectivity index (χ1v) is 12.3. The van der Waals surface area contributed by atoms with Gasteiger partial charge in [-0.3, -0.25) is 4.79 Å². The lowest BCUT2D eigenvalue weighted by Crippen LogP contribution is -2.20. The van der Waals surface area contributed by atoms with Crippen LogP contribution in [0.4, 0.5) is 0 Å². The summed E-state index contributed by atoms with van der Waals surface area (Å²) in [6, 6.07) is 0. The molecule has 2 aliphatic carbocycles. The highest BCUT2D eigenvalue weighted by molar-refractivity contribution is 5.75. The number of aliphatic hydroxyl groups is 2. The van der Waals surface area contributed by atoms with Crippen LogP contribution in [0.15, 0.2) is 23.8 Å². The highest BCUT2D eigenvalue weighted by atomic mass is 16.3. The molecule has 0 spiro atoms. The Morgan fingerprint density at radius 2 is 2.03 bits per heavy atom. The first kappa shape index (κ1) is 25.1. The van der Waals surface area contributed by atoms with Crippen LogP contribution in [0.5, 0.6) is 0 Å². The SMILES string of the molecule is CCCC[C@H](C)C[C@H](O)C=C[C@@H]1[C@H]2CC(CCCCCC(=O)N(C)C)=C[C@H]2C[C@H]1O. The van der Waals surface area contributed by atoms with Crippen molar-refractivity contribution in [3.05, 3.63) is 23.8 Å². The number of hydrogen-bond acceptors (Lipinski definition) is 3. The summed E-state index contributed by atoms with van der Waals surface area (Å²) in [5, 5.41) is 20.9. The Bertz CT molecular complexity index is 583. The van der Waals surface area contributed by atoms with Gasteiger partial charge in [0.15, 0.2) is 0 Å². The van der Waals surface area contributed by atoms with Gasteiger partial charge in [0.05, 0.1) is 12.2 Å². The molecule has 0 saturated heterocycles. The summed E-state index contributed by atoms with van der Waals surface area (Å²) in [4.78, 5) is 13.3. The summed E-state index contributed by atoms with van der Waals surface area (Å²) in [6.45, 7) is 4.42. The molecule has 4 nitrogen and oxygen atoms in total. The molecule has 4 heteroatoms. The van der Waals surface area contributed by atoms with Crippen molar-refractivity contribution in [2.24, 2.45) is 23.7 Å². The number of fused-ring (bicyclic) bond motifs is 1. The topological polar surface area (TPSA) is 60.8 Å². The average Bonchev–Trinajstić information content (AvgIpc) is 3.20. The molecule has 0 bridgehead atoms. The Kier molecular flexibility index (Phi) is 10.6. The monoisotopic (exact) mass is 419 g/mol. The fourth-order valence-corrected chi connectivity index (χ4v) is 5.24. The fraction of sp³-hybridized carbons (Fsp3) is 0.808. The molecule has 0 aromatic heterocycles. The highest BCUT2D eigenvalue weighted by Gasteiger charge is 2.43. The van der Waals surface area contributed by atoms with E-state index in [-0.39, 0.29) is 17.9 Å². The molecule has 30 heavy (non-hydrogen) atoms. The predicted octanol–water partition coefficient (Wildman–Crippen LogP) is 5.10. The van der Waals surface area contributed by atoms with Gasteiger partial charge in [-0.05, 0) is 56.3 Å². The van der Waals surface area contributed by atoms with Gasteiger partial charge < -0.3 is 15.1 Å². The van der Waals surface area contributed by atoms with Gasteiger partial charge in [0.1, 0.15) is 0 Å². The summed E-state index contributed by atoms with van der Waals surface area (Å²) in [5.41, 5.74) is 1.53. The molecule has 0 aliphatic heterocycles. The largest absolute Gasteiger partial charge is 0.392 e. The molecule has 0 radical (unpaired) electrons. The van der Waals surface area contributed by atoms with Crippen LogP contribution in [0.3, 0.4) is 0 Å². The van der Waals surface area contributed by atoms with E-state index in [1.54, 1.807) is 4.90 Å². The number of carbonyl (C=O) groups excluding carboxylic acids is 1. The summed E-state index contributed by atoms with van der Waals surface area (Å²) in [6.07, 6.45) is 17.1. The first-order valence-electron chi connectivity index (χ1n) is 12.3. The van der Waals surface area contributed by atoms with E-state index in [2.05, 4.69) is 26.0 Å². The van der Waals surface area contributed by atoms with E-state index in [4.69, 9.17) is 0 Å². The van der Waals surface area contributed by atoms with Gasteiger partial charge in [0, 0.05) is 26.4 Å². The van der Waals surface area contributed by atoms with Crippen molar-refractivity contribution in [2.45, 2.75) is 96.7 Å². The lowest BCUT2D eigenvalue weighted by Gasteiger charge is -2.19. The minimum atomic E-state index is -0.401. The van der Waals surface area contributed by atoms with Gasteiger partial charge in [-0.2, -0.15) is 0 Å². The Balaban J connectivity index is 1.73. The van der Waals surface area contributed by atoms with Crippen LogP contribution in [0.2, 0.25) is 0 Å². The van der Waals surface area contributed by atoms with Crippen molar-refractivity contribution in [1.29, 1.82) is 0 Å². The van der Waals surface area contributed by atoms with Crippen molar-refractivity contribution < 1.29 is 15.0 Å². The van der Waals surface area contributed by atoms with E-state index in [1.807, 2.05) is 20.2 Å². The maximum absolute atomic E-state index is 11.6. The minimum Gasteiger partial charge on any atom is -0.392 e. The molecule has 1 saturated carbocycles. The van der Waals surface area contributed by atoms with Gasteiger partial charge in [0.2, 0.25) is 5.91 Å². The van der Waals surface area contributed by atoms with Gasteiger partial charge in [-0.25, -0.2) is 0 Å². The molecule has 1 amide bonds. The number of nitrogens with zero attached hydrogens (tertiary/aromatic N) is 1. The predicted molar refractivity (Wildman–Crippen MR) is 124 cm³/mol. The van der Waals surface area contributed by atoms with Gasteiger partial charge >= 0.3 is 0 Å². The molecule has 0 unspecified atom stereocenters. The fourth-order valence-electron chi connectivity index (χ4n) is 5.24. The zero-order valence-electron chi connectivity index (χ0n) is 19.7. The zero-order valence-corrected chi connectivity index (χ0v) is 19.7. The van der Waals surface area contributed by atoms with Gasteiger partial charge in [0.25, 0.3) is 0 Å². The molecule has 0 heterocycles. The third kappa shape index (κ3) is 7.85. The number of carbonyl (C=O) groups is 1. The van der Waals surface area contributed by atoms with Crippen LogP contribution >= 0.6 is 0 Å². The number of aliphatic hydroxyl groups excluding tert-OH is 2. The van der Waals surface area contributed by atoms with Crippen LogP contribution in [-0.4, -0.2) is 47.3 Å². The third-order valence-corrected chi connectivity index (χ3v) is 7.09. The zero-order chi connectivity index (χ0) is 22.1. The molecular weight excluding hydrogens is 374 g/mol. The maximum Gasteiger partial charge on any atom is 0.222 e. The molecular formula is C26H45NO3. The van der Waals surface area contributed by atoms with E-state index in [0.717, 1.165) is 44.9 Å². The van der Waals surface area contributed by atoms with Crippen molar-refractivity contribution in [1.82, 2.24) is 4.90 Å². The number of hydrogen-bond donors (Lipinski definition) is 2. The first-order chi connectivity index (χ1) is 14.3. The van der Waals surface area contributed by atoms with E-state index >= 15 is 0 Å². The molecule has 2 rings (SSSR count). The van der Waals surface area contributed by atoms with Crippen LogP contribution in [-0.2, 0) is 4.79 Å². The van der Waals surface area contributed by atoms with Crippen LogP contribution < -0.4 is 0 Å². The summed E-state index contributed by atoms with van der Waals surface area (Å²) >= 11 is 0. The van der Waals surface area contributed by atoms with Crippen molar-refractivity contribution in [2.75, 3.05) is 14.1 Å². The second kappa shape index (κ2) is 12.7. The Morgan fingerprint density at radius 1 is 1.27 bits per heavy atom. The van der Waals surface area contributed by atoms with Crippen molar-refractivity contribution in [3.63, 3.8) is 0 Å². The summed E-state index contributed by atoms with van der Waals surface area (Å²) < 4.78 is 0. The summed E-state index contributed by atoms with van der Waals surface area (Å²) in [5.74, 6) is 1.91. The number of unbranched alkanes of at least 4 members (excludes halogenated alkanes) is 3. The molecule has 172 valence electrons. The highest BCUT2D eigenvalue weighted by Crippen LogP contribution is 2.48. The van der Waals surface area contributed by atoms with Crippen LogP contribution in [0.1, 0.15) is 84.5 Å². The standard InChI is InChI=1S/C26H45NO3/c1-5-6-10-19(2)15-22(28)13-14-23-24-17-20(16-21(24)18-25(23)29)11-8-7-9-12-26(30)27(3)4/h13-14,16,19,21-25,28-29H,5-12,15,17-18H2,1-4H3/t19-,21-,22+,23+,24-,25+/m0/s1. The van der Waals surface area contributed by atoms with E-state index in [1.165, 1.54) is 24.8 Å². The van der Waals surface area contributed by atoms with E-state index < -0.39 is 6.10 Å². The lowest BCUT2D eigenvalue weighted by atomic mass is 9.88. The van der Waals surface area contributed by atoms with Crippen LogP contribution in [0, 0.1) is 23.7 Å². The van der Waals surface area contributed by atoms with E-state index in [0.29, 0.717) is 24.2 Å². The number of amides is 1. The van der Waals surface area contributed by atoms with Gasteiger partial charge in [-0.15, -0.1) is 0 Å². The second-order valence-corrected chi connectivity index (χ2v) is 10.0. The average molecular weight is 420 g/mol. The Hall–Kier alpha value is -1.13. The normalized spacial score (nSPS) is 27.9. The molecule has 0 aromatic rings. The summed E-state index contributed by atoms with van der Waals surface area (Å²) in [7, 11) is 3.63. The third-order valence-electron chi connectivity index (χ3n) is 7.09. The molecule has 2 aliphatic rings. The number of rotatable bonds is 13. The van der Waals surface area contributed by atoms with E-state index in [9.17, 15) is 15.0 Å². The van der Waals surface area contributed by atoms with Crippen molar-refractivity contribution >= 4 is 5.91 Å². The van der Waals surface area contributed by atoms with Gasteiger partial charge in [-0.1, -0.05) is 63.3 Å². The van der Waals surface area contributed by atoms with Crippen LogP contribution in [0.25, 0.3) is 0 Å². The Morgan fingerprint density at radius 3 is 2.73 bits per heavy atom. The quantitative estimate of drug-likeness (QED) is 0.322. The molecule has 0 aromatic carbocycles. The second-order valence-electron chi connectivity index (χ2n) is 10.0.